The van der Waals surface area contributed by atoms with Gasteiger partial charge in [-0.1, -0.05) is 27.7 Å². The van der Waals surface area contributed by atoms with Crippen LogP contribution in [-0.2, 0) is 19.2 Å². The van der Waals surface area contributed by atoms with Crippen molar-refractivity contribution in [3.63, 3.8) is 0 Å². The van der Waals surface area contributed by atoms with E-state index in [1.807, 2.05) is 34.6 Å². The third kappa shape index (κ3) is 7.11. The number of rotatable bonds is 13. The van der Waals surface area contributed by atoms with Crippen LogP contribution in [0.1, 0.15) is 80.6 Å². The first-order valence-corrected chi connectivity index (χ1v) is 12.3. The molecule has 7 nitrogen and oxygen atoms in total. The highest BCUT2D eigenvalue weighted by atomic mass is 16.1. The van der Waals surface area contributed by atoms with Gasteiger partial charge in [-0.25, -0.2) is 0 Å². The van der Waals surface area contributed by atoms with Gasteiger partial charge in [-0.3, -0.25) is 14.6 Å². The summed E-state index contributed by atoms with van der Waals surface area (Å²) < 4.78 is 0. The van der Waals surface area contributed by atoms with Gasteiger partial charge in [0.05, 0.1) is 16.9 Å². The average molecular weight is 474 g/mol. The van der Waals surface area contributed by atoms with Crippen LogP contribution in [0.3, 0.4) is 0 Å². The molecule has 0 aromatic rings. The lowest BCUT2D eigenvalue weighted by atomic mass is 9.76. The fourth-order valence-corrected chi connectivity index (χ4v) is 4.69. The predicted octanol–water partition coefficient (Wildman–Crippen LogP) is 4.17. The van der Waals surface area contributed by atoms with E-state index in [1.165, 1.54) is 6.08 Å². The summed E-state index contributed by atoms with van der Waals surface area (Å²) in [6.07, 6.45) is 4.91. The van der Waals surface area contributed by atoms with E-state index in [2.05, 4.69) is 10.3 Å². The lowest BCUT2D eigenvalue weighted by Gasteiger charge is -2.32. The fraction of sp³-hybridized carbons (Fsp3) is 0.704. The Morgan fingerprint density at radius 1 is 1.24 bits per heavy atom. The molecule has 0 radical (unpaired) electrons. The van der Waals surface area contributed by atoms with Crippen LogP contribution in [0.4, 0.5) is 0 Å². The fourth-order valence-electron chi connectivity index (χ4n) is 4.69. The zero-order valence-electron chi connectivity index (χ0n) is 22.2. The molecular formula is C27H43N3O4. The standard InChI is InChI=1S/C27H43N3O4/c1-9-21(27(16-32,29-8)13-17(2)3)11-24(34)20(6)22(28)14-26(7,15-31)25-12-23(33)18(4)10-19(5)30-25/h11,15-20,28-29H,9-10,12-14H2,1-8H3. The number of carbonyl (C=O) groups excluding carboxylic acids is 4. The third-order valence-electron chi connectivity index (χ3n) is 7.04. The van der Waals surface area contributed by atoms with Crippen LogP contribution in [0, 0.1) is 28.6 Å². The third-order valence-corrected chi connectivity index (χ3v) is 7.04. The van der Waals surface area contributed by atoms with Crippen molar-refractivity contribution in [3.05, 3.63) is 11.6 Å². The lowest BCUT2D eigenvalue weighted by molar-refractivity contribution is -0.121. The Morgan fingerprint density at radius 3 is 2.32 bits per heavy atom. The van der Waals surface area contributed by atoms with Crippen molar-refractivity contribution < 1.29 is 19.2 Å². The Hall–Kier alpha value is -2.28. The Balaban J connectivity index is 3.18. The van der Waals surface area contributed by atoms with Crippen molar-refractivity contribution in [2.45, 2.75) is 92.2 Å². The quantitative estimate of drug-likeness (QED) is 0.236. The highest BCUT2D eigenvalue weighted by molar-refractivity contribution is 6.15. The summed E-state index contributed by atoms with van der Waals surface area (Å²) in [7, 11) is 1.71. The molecule has 0 saturated carbocycles. The summed E-state index contributed by atoms with van der Waals surface area (Å²) >= 11 is 0. The highest BCUT2D eigenvalue weighted by Gasteiger charge is 2.38. The van der Waals surface area contributed by atoms with E-state index in [1.54, 1.807) is 20.9 Å². The average Bonchev–Trinajstić information content (AvgIpc) is 2.92. The van der Waals surface area contributed by atoms with Crippen molar-refractivity contribution >= 4 is 35.6 Å². The Kier molecular flexibility index (Phi) is 10.9. The number of nitrogens with zero attached hydrogens (tertiary/aromatic N) is 1. The van der Waals surface area contributed by atoms with E-state index in [0.717, 1.165) is 12.6 Å². The molecule has 34 heavy (non-hydrogen) atoms. The van der Waals surface area contributed by atoms with Gasteiger partial charge in [-0.2, -0.15) is 0 Å². The topological polar surface area (TPSA) is 117 Å². The maximum atomic E-state index is 13.1. The van der Waals surface area contributed by atoms with Crippen LogP contribution in [0.25, 0.3) is 0 Å². The smallest absolute Gasteiger partial charge is 0.164 e. The van der Waals surface area contributed by atoms with E-state index < -0.39 is 16.9 Å². The highest BCUT2D eigenvalue weighted by Crippen LogP contribution is 2.31. The molecule has 0 bridgehead atoms. The van der Waals surface area contributed by atoms with Crippen LogP contribution in [0.15, 0.2) is 16.6 Å². The summed E-state index contributed by atoms with van der Waals surface area (Å²) in [4.78, 5) is 54.5. The van der Waals surface area contributed by atoms with Crippen molar-refractivity contribution in [2.24, 2.45) is 28.2 Å². The predicted molar refractivity (Wildman–Crippen MR) is 137 cm³/mol. The largest absolute Gasteiger partial charge is 0.309 e. The number of aldehydes is 2. The molecule has 1 rings (SSSR count). The van der Waals surface area contributed by atoms with Gasteiger partial charge in [0.25, 0.3) is 0 Å². The molecule has 1 heterocycles. The number of aliphatic imine (C=N–C) groups is 1. The van der Waals surface area contributed by atoms with E-state index in [4.69, 9.17) is 5.41 Å². The minimum Gasteiger partial charge on any atom is -0.309 e. The minimum absolute atomic E-state index is 0.0166. The molecule has 0 amide bonds. The van der Waals surface area contributed by atoms with Crippen LogP contribution in [0.5, 0.6) is 0 Å². The molecule has 1 aliphatic rings. The van der Waals surface area contributed by atoms with Crippen molar-refractivity contribution in [2.75, 3.05) is 7.05 Å². The molecule has 0 saturated heterocycles. The molecule has 0 aromatic heterocycles. The SMILES string of the molecule is CCC(=CC(=O)C(C)C(=N)CC(C)(C=O)C1=NC(C)CC(C)C(=O)C1)C(C=O)(CC(C)C)NC. The number of ketones is 2. The van der Waals surface area contributed by atoms with E-state index in [9.17, 15) is 19.2 Å². The molecule has 0 spiro atoms. The zero-order valence-corrected chi connectivity index (χ0v) is 22.2. The molecule has 190 valence electrons. The molecule has 2 N–H and O–H groups in total. The molecular weight excluding hydrogens is 430 g/mol. The van der Waals surface area contributed by atoms with Gasteiger partial charge in [0.15, 0.2) is 5.78 Å². The Labute approximate surface area is 204 Å². The van der Waals surface area contributed by atoms with E-state index >= 15 is 0 Å². The second-order valence-electron chi connectivity index (χ2n) is 10.5. The first kappa shape index (κ1) is 29.8. The minimum atomic E-state index is -1.12. The zero-order chi connectivity index (χ0) is 26.3. The van der Waals surface area contributed by atoms with Crippen LogP contribution in [0.2, 0.25) is 0 Å². The molecule has 0 aliphatic carbocycles. The van der Waals surface area contributed by atoms with Gasteiger partial charge in [-0.15, -0.1) is 0 Å². The van der Waals surface area contributed by atoms with Crippen LogP contribution < -0.4 is 5.32 Å². The molecule has 1 aliphatic heterocycles. The Morgan fingerprint density at radius 2 is 1.85 bits per heavy atom. The molecule has 5 atom stereocenters. The van der Waals surface area contributed by atoms with Crippen LogP contribution >= 0.6 is 0 Å². The number of hydrogen-bond acceptors (Lipinski definition) is 7. The number of allylic oxidation sites excluding steroid dienone is 1. The summed E-state index contributed by atoms with van der Waals surface area (Å²) in [6.45, 7) is 13.1. The van der Waals surface area contributed by atoms with Gasteiger partial charge in [-0.05, 0) is 64.6 Å². The molecule has 0 fully saturated rings. The van der Waals surface area contributed by atoms with E-state index in [-0.39, 0.29) is 48.0 Å². The molecule has 7 heteroatoms. The van der Waals surface area contributed by atoms with Gasteiger partial charge < -0.3 is 20.3 Å². The normalized spacial score (nSPS) is 23.9. The van der Waals surface area contributed by atoms with Gasteiger partial charge in [0.2, 0.25) is 0 Å². The van der Waals surface area contributed by atoms with E-state index in [0.29, 0.717) is 30.5 Å². The second-order valence-corrected chi connectivity index (χ2v) is 10.5. The summed E-state index contributed by atoms with van der Waals surface area (Å²) in [5.41, 5.74) is -0.767. The van der Waals surface area contributed by atoms with Crippen molar-refractivity contribution in [1.82, 2.24) is 5.32 Å². The van der Waals surface area contributed by atoms with Crippen molar-refractivity contribution in [1.29, 1.82) is 5.41 Å². The first-order valence-electron chi connectivity index (χ1n) is 12.3. The summed E-state index contributed by atoms with van der Waals surface area (Å²) in [6, 6.07) is -0.0852. The number of hydrogen-bond donors (Lipinski definition) is 2. The maximum absolute atomic E-state index is 13.1. The van der Waals surface area contributed by atoms with Crippen LogP contribution in [-0.4, -0.2) is 54.2 Å². The lowest BCUT2D eigenvalue weighted by Crippen LogP contribution is -2.48. The van der Waals surface area contributed by atoms with Crippen molar-refractivity contribution in [3.8, 4) is 0 Å². The summed E-state index contributed by atoms with van der Waals surface area (Å²) in [5, 5.41) is 11.7. The molecule has 0 aromatic carbocycles. The van der Waals surface area contributed by atoms with Gasteiger partial charge in [0.1, 0.15) is 18.4 Å². The number of carbonyl (C=O) groups is 4. The monoisotopic (exact) mass is 473 g/mol. The summed E-state index contributed by atoms with van der Waals surface area (Å²) in [5.74, 6) is -0.883. The van der Waals surface area contributed by atoms with Gasteiger partial charge >= 0.3 is 0 Å². The number of likely N-dealkylation sites (N-methyl/N-ethyl adjacent to an activating group) is 1. The Bertz CT molecular complexity index is 860. The number of Topliss-reactive ketones (excluding diaryl/α,β-unsaturated/α-hetero) is 1. The maximum Gasteiger partial charge on any atom is 0.164 e. The van der Waals surface area contributed by atoms with Gasteiger partial charge in [0, 0.05) is 36.2 Å². The molecule has 5 unspecified atom stereocenters. The second kappa shape index (κ2) is 12.4. The number of nitrogens with one attached hydrogen (secondary N) is 2. The first-order chi connectivity index (χ1) is 15.8.